The van der Waals surface area contributed by atoms with Gasteiger partial charge < -0.3 is 0 Å². The van der Waals surface area contributed by atoms with E-state index in [1.165, 1.54) is 24.3 Å². The Bertz CT molecular complexity index is 1010. The van der Waals surface area contributed by atoms with Gasteiger partial charge in [0.2, 0.25) is 5.13 Å². The summed E-state index contributed by atoms with van der Waals surface area (Å²) in [6.07, 6.45) is 1.49. The second kappa shape index (κ2) is 6.85. The van der Waals surface area contributed by atoms with Crippen LogP contribution < -0.4 is 4.31 Å². The Labute approximate surface area is 146 Å². The van der Waals surface area contributed by atoms with Crippen LogP contribution in [0.2, 0.25) is 0 Å². The number of benzene rings is 1. The van der Waals surface area contributed by atoms with Crippen molar-refractivity contribution in [3.63, 3.8) is 0 Å². The lowest BCUT2D eigenvalue weighted by molar-refractivity contribution is -0.380. The van der Waals surface area contributed by atoms with Crippen molar-refractivity contribution in [1.29, 1.82) is 0 Å². The summed E-state index contributed by atoms with van der Waals surface area (Å²) in [5.41, 5.74) is -0.0440. The molecule has 0 saturated carbocycles. The first-order valence-corrected chi connectivity index (χ1v) is 10.9. The third kappa shape index (κ3) is 4.58. The highest BCUT2D eigenvalue weighted by atomic mass is 32.3. The molecule has 0 atom stereocenters. The van der Waals surface area contributed by atoms with E-state index in [9.17, 15) is 31.7 Å². The van der Waals surface area contributed by atoms with E-state index in [0.717, 1.165) is 6.20 Å². The minimum Gasteiger partial charge on any atom is -0.268 e. The molecule has 25 heavy (non-hydrogen) atoms. The zero-order valence-electron chi connectivity index (χ0n) is 12.6. The van der Waals surface area contributed by atoms with E-state index in [2.05, 4.69) is 4.98 Å². The Balaban J connectivity index is 2.59. The summed E-state index contributed by atoms with van der Waals surface area (Å²) < 4.78 is 47.9. The van der Waals surface area contributed by atoms with E-state index < -0.39 is 45.9 Å². The average Bonchev–Trinajstić information content (AvgIpc) is 2.95. The number of amides is 1. The Morgan fingerprint density at radius 3 is 2.32 bits per heavy atom. The van der Waals surface area contributed by atoms with Crippen LogP contribution in [0.25, 0.3) is 0 Å². The molecular formula is C12H11N3O7S3. The molecular weight excluding hydrogens is 394 g/mol. The van der Waals surface area contributed by atoms with Crippen molar-refractivity contribution in [2.24, 2.45) is 0 Å². The van der Waals surface area contributed by atoms with Gasteiger partial charge in [0.15, 0.2) is 14.9 Å². The van der Waals surface area contributed by atoms with Crippen LogP contribution in [0.15, 0.2) is 36.5 Å². The van der Waals surface area contributed by atoms with Gasteiger partial charge in [-0.05, 0) is 23.5 Å². The van der Waals surface area contributed by atoms with Gasteiger partial charge in [-0.15, -0.1) is 0 Å². The summed E-state index contributed by atoms with van der Waals surface area (Å²) in [4.78, 5) is 26.2. The molecule has 0 fully saturated rings. The van der Waals surface area contributed by atoms with E-state index in [1.807, 2.05) is 0 Å². The predicted molar refractivity (Wildman–Crippen MR) is 90.7 cm³/mol. The second-order valence-electron chi connectivity index (χ2n) is 4.83. The Morgan fingerprint density at radius 1 is 1.24 bits per heavy atom. The largest absolute Gasteiger partial charge is 0.345 e. The minimum atomic E-state index is -4.67. The number of sulfone groups is 1. The van der Waals surface area contributed by atoms with E-state index in [0.29, 0.717) is 17.6 Å². The SMILES string of the molecule is CS(=O)(=O)CS(=O)(=O)N(C(=O)c1ccccc1)c1ncc([N+](=O)[O-])s1. The summed E-state index contributed by atoms with van der Waals surface area (Å²) in [5.74, 6) is -1.06. The summed E-state index contributed by atoms with van der Waals surface area (Å²) in [6, 6.07) is 7.22. The minimum absolute atomic E-state index is 0.0440. The fraction of sp³-hybridized carbons (Fsp3) is 0.167. The van der Waals surface area contributed by atoms with Crippen LogP contribution >= 0.6 is 11.3 Å². The van der Waals surface area contributed by atoms with Crippen LogP contribution in [-0.4, -0.2) is 44.0 Å². The topological polar surface area (TPSA) is 145 Å². The van der Waals surface area contributed by atoms with Crippen molar-refractivity contribution in [3.8, 4) is 0 Å². The first-order valence-electron chi connectivity index (χ1n) is 6.41. The van der Waals surface area contributed by atoms with Crippen LogP contribution in [-0.2, 0) is 19.9 Å². The number of rotatable bonds is 6. The lowest BCUT2D eigenvalue weighted by atomic mass is 10.2. The molecule has 0 bridgehead atoms. The summed E-state index contributed by atoms with van der Waals surface area (Å²) in [5, 5.41) is 8.44. The van der Waals surface area contributed by atoms with Crippen LogP contribution in [0.3, 0.4) is 0 Å². The lowest BCUT2D eigenvalue weighted by Gasteiger charge is -2.19. The van der Waals surface area contributed by atoms with Gasteiger partial charge in [-0.2, -0.15) is 4.31 Å². The van der Waals surface area contributed by atoms with Gasteiger partial charge in [-0.3, -0.25) is 14.9 Å². The monoisotopic (exact) mass is 405 g/mol. The van der Waals surface area contributed by atoms with Crippen LogP contribution in [0.4, 0.5) is 10.1 Å². The smallest absolute Gasteiger partial charge is 0.268 e. The standard InChI is InChI=1S/C12H11N3O7S3/c1-24(19,20)8-25(21,22)14(11(16)9-5-3-2-4-6-9)12-13-7-10(23-12)15(17)18/h2-7H,8H2,1H3. The fourth-order valence-electron chi connectivity index (χ4n) is 1.79. The van der Waals surface area contributed by atoms with Gasteiger partial charge in [0.25, 0.3) is 15.9 Å². The van der Waals surface area contributed by atoms with E-state index >= 15 is 0 Å². The zero-order valence-corrected chi connectivity index (χ0v) is 15.0. The Hall–Kier alpha value is -2.38. The van der Waals surface area contributed by atoms with E-state index in [4.69, 9.17) is 0 Å². The fourth-order valence-corrected chi connectivity index (χ4v) is 6.11. The highest BCUT2D eigenvalue weighted by Gasteiger charge is 2.36. The summed E-state index contributed by atoms with van der Waals surface area (Å²) >= 11 is 0.346. The number of carbonyl (C=O) groups excluding carboxylic acids is 1. The van der Waals surface area contributed by atoms with Gasteiger partial charge in [-0.1, -0.05) is 18.2 Å². The molecule has 0 aliphatic heterocycles. The number of nitrogens with zero attached hydrogens (tertiary/aromatic N) is 3. The van der Waals surface area contributed by atoms with E-state index in [-0.39, 0.29) is 9.87 Å². The number of sulfonamides is 1. The van der Waals surface area contributed by atoms with Gasteiger partial charge in [0.05, 0.1) is 4.92 Å². The average molecular weight is 405 g/mol. The molecule has 0 unspecified atom stereocenters. The van der Waals surface area contributed by atoms with Gasteiger partial charge in [-0.25, -0.2) is 21.8 Å². The summed E-state index contributed by atoms with van der Waals surface area (Å²) in [6.45, 7) is 0. The third-order valence-corrected chi connectivity index (χ3v) is 7.53. The second-order valence-corrected chi connectivity index (χ2v) is 10.1. The maximum absolute atomic E-state index is 12.6. The Morgan fingerprint density at radius 2 is 1.84 bits per heavy atom. The van der Waals surface area contributed by atoms with Crippen molar-refractivity contribution < 1.29 is 26.6 Å². The van der Waals surface area contributed by atoms with Gasteiger partial charge in [0.1, 0.15) is 6.20 Å². The van der Waals surface area contributed by atoms with Gasteiger partial charge >= 0.3 is 5.00 Å². The van der Waals surface area contributed by atoms with Crippen molar-refractivity contribution in [1.82, 2.24) is 4.98 Å². The van der Waals surface area contributed by atoms with Crippen molar-refractivity contribution >= 4 is 47.2 Å². The molecule has 134 valence electrons. The van der Waals surface area contributed by atoms with Crippen molar-refractivity contribution in [2.45, 2.75) is 0 Å². The number of aromatic nitrogens is 1. The highest BCUT2D eigenvalue weighted by Crippen LogP contribution is 2.31. The van der Waals surface area contributed by atoms with Crippen molar-refractivity contribution in [3.05, 3.63) is 52.2 Å². The number of anilines is 1. The molecule has 10 nitrogen and oxygen atoms in total. The number of thiazole rings is 1. The quantitative estimate of drug-likeness (QED) is 0.512. The van der Waals surface area contributed by atoms with Crippen LogP contribution in [0.1, 0.15) is 10.4 Å². The lowest BCUT2D eigenvalue weighted by Crippen LogP contribution is -2.40. The van der Waals surface area contributed by atoms with Crippen molar-refractivity contribution in [2.75, 3.05) is 15.6 Å². The van der Waals surface area contributed by atoms with E-state index in [1.54, 1.807) is 6.07 Å². The Kier molecular flexibility index (Phi) is 5.20. The maximum Gasteiger partial charge on any atom is 0.345 e. The van der Waals surface area contributed by atoms with Crippen LogP contribution in [0.5, 0.6) is 0 Å². The third-order valence-electron chi connectivity index (χ3n) is 2.68. The molecule has 0 aliphatic carbocycles. The molecule has 13 heteroatoms. The molecule has 2 rings (SSSR count). The molecule has 1 amide bonds. The molecule has 1 aromatic carbocycles. The molecule has 0 aliphatic rings. The maximum atomic E-state index is 12.6. The molecule has 0 saturated heterocycles. The molecule has 2 aromatic rings. The number of hydrogen-bond acceptors (Lipinski definition) is 9. The molecule has 1 aromatic heterocycles. The number of carbonyl (C=O) groups is 1. The summed E-state index contributed by atoms with van der Waals surface area (Å²) in [7, 11) is -8.67. The highest BCUT2D eigenvalue weighted by molar-refractivity contribution is 8.08. The zero-order chi connectivity index (χ0) is 18.8. The first-order chi connectivity index (χ1) is 11.5. The van der Waals surface area contributed by atoms with Crippen LogP contribution in [0, 0.1) is 10.1 Å². The van der Waals surface area contributed by atoms with Gasteiger partial charge in [0, 0.05) is 11.8 Å². The molecule has 0 spiro atoms. The predicted octanol–water partition coefficient (Wildman–Crippen LogP) is 1.03. The normalized spacial score (nSPS) is 11.9. The molecule has 1 heterocycles. The molecule has 0 radical (unpaired) electrons. The molecule has 0 N–H and O–H groups in total. The first kappa shape index (κ1) is 19.0. The number of nitro groups is 1. The number of hydrogen-bond donors (Lipinski definition) is 0.